The van der Waals surface area contributed by atoms with Gasteiger partial charge in [0.1, 0.15) is 5.65 Å². The second kappa shape index (κ2) is 10.6. The zero-order valence-electron chi connectivity index (χ0n) is 22.1. The molecule has 1 atom stereocenters. The first-order valence-corrected chi connectivity index (χ1v) is 15.7. The fraction of sp³-hybridized carbons (Fsp3) is 0.517. The maximum absolute atomic E-state index is 14.0. The lowest BCUT2D eigenvalue weighted by Crippen LogP contribution is -2.51. The first kappa shape index (κ1) is 26.1. The van der Waals surface area contributed by atoms with Crippen LogP contribution in [0.25, 0.3) is 11.0 Å². The molecule has 3 aromatic rings. The molecule has 4 rings (SSSR count). The van der Waals surface area contributed by atoms with Gasteiger partial charge in [0.15, 0.2) is 14.0 Å². The first-order chi connectivity index (χ1) is 16.7. The van der Waals surface area contributed by atoms with Gasteiger partial charge in [-0.15, -0.1) is 0 Å². The van der Waals surface area contributed by atoms with E-state index in [4.69, 9.17) is 16.6 Å². The fourth-order valence-electron chi connectivity index (χ4n) is 6.92. The van der Waals surface area contributed by atoms with E-state index in [0.29, 0.717) is 27.2 Å². The first-order valence-electron chi connectivity index (χ1n) is 13.1. The van der Waals surface area contributed by atoms with Gasteiger partial charge in [0.2, 0.25) is 0 Å². The minimum Gasteiger partial charge on any atom is -0.359 e. The van der Waals surface area contributed by atoms with Gasteiger partial charge in [0.05, 0.1) is 5.02 Å². The van der Waals surface area contributed by atoms with Gasteiger partial charge >= 0.3 is 0 Å². The van der Waals surface area contributed by atoms with Gasteiger partial charge in [-0.2, -0.15) is 0 Å². The normalized spacial score (nSPS) is 17.7. The quantitative estimate of drug-likeness (QED) is 0.229. The Morgan fingerprint density at radius 1 is 1.06 bits per heavy atom. The predicted molar refractivity (Wildman–Crippen MR) is 150 cm³/mol. The van der Waals surface area contributed by atoms with E-state index in [9.17, 15) is 4.79 Å². The van der Waals surface area contributed by atoms with E-state index in [1.54, 1.807) is 6.20 Å². The minimum absolute atomic E-state index is 0.0405. The van der Waals surface area contributed by atoms with Crippen molar-refractivity contribution in [3.05, 3.63) is 64.9 Å². The monoisotopic (exact) mass is 509 g/mol. The van der Waals surface area contributed by atoms with Crippen molar-refractivity contribution in [3.8, 4) is 0 Å². The van der Waals surface area contributed by atoms with E-state index < -0.39 is 8.24 Å². The van der Waals surface area contributed by atoms with Crippen LogP contribution in [-0.2, 0) is 6.54 Å². The Bertz CT molecular complexity index is 1150. The lowest BCUT2D eigenvalue weighted by molar-refractivity contribution is 0.0813. The molecule has 6 heteroatoms. The molecule has 1 aromatic carbocycles. The molecule has 2 aromatic heterocycles. The molecule has 188 valence electrons. The maximum Gasteiger partial charge on any atom is 0.171 e. The molecule has 4 nitrogen and oxygen atoms in total. The topological polar surface area (TPSA) is 38.1 Å². The molecule has 1 aliphatic heterocycles. The number of hydrogen-bond donors (Lipinski definition) is 0. The lowest BCUT2D eigenvalue weighted by Gasteiger charge is -2.44. The Labute approximate surface area is 216 Å². The van der Waals surface area contributed by atoms with Crippen molar-refractivity contribution in [1.82, 2.24) is 14.1 Å². The summed E-state index contributed by atoms with van der Waals surface area (Å²) in [5.74, 6) is 0.130. The number of halogens is 1. The third-order valence-corrected chi connectivity index (χ3v) is 15.3. The molecule has 0 amide bonds. The average Bonchev–Trinajstić information content (AvgIpc) is 3.23. The number of aromatic nitrogens is 2. The molecule has 1 aliphatic rings. The van der Waals surface area contributed by atoms with Crippen molar-refractivity contribution in [1.29, 1.82) is 0 Å². The van der Waals surface area contributed by atoms with E-state index in [2.05, 4.69) is 87.2 Å². The third-order valence-electron chi connectivity index (χ3n) is 8.23. The summed E-state index contributed by atoms with van der Waals surface area (Å²) < 4.78 is 2.47. The zero-order valence-corrected chi connectivity index (χ0v) is 23.8. The number of likely N-dealkylation sites (tertiary alicyclic amines) is 1. The van der Waals surface area contributed by atoms with Gasteiger partial charge in [-0.1, -0.05) is 83.5 Å². The summed E-state index contributed by atoms with van der Waals surface area (Å²) in [5, 5.41) is 1.40. The molecule has 1 saturated heterocycles. The van der Waals surface area contributed by atoms with Gasteiger partial charge < -0.3 is 4.23 Å². The summed E-state index contributed by atoms with van der Waals surface area (Å²) in [6, 6.07) is 12.6. The molecular weight excluding hydrogens is 470 g/mol. The summed E-state index contributed by atoms with van der Waals surface area (Å²) >= 11 is 6.70. The van der Waals surface area contributed by atoms with Crippen LogP contribution in [0.2, 0.25) is 21.6 Å². The van der Waals surface area contributed by atoms with E-state index in [1.807, 2.05) is 6.07 Å². The second-order valence-electron chi connectivity index (χ2n) is 11.2. The molecule has 0 spiro atoms. The molecule has 35 heavy (non-hydrogen) atoms. The zero-order chi connectivity index (χ0) is 25.3. The van der Waals surface area contributed by atoms with Crippen molar-refractivity contribution >= 4 is 36.7 Å². The van der Waals surface area contributed by atoms with Crippen LogP contribution in [0, 0.1) is 5.92 Å². The van der Waals surface area contributed by atoms with Gasteiger partial charge in [0, 0.05) is 36.2 Å². The van der Waals surface area contributed by atoms with Crippen LogP contribution >= 0.6 is 11.6 Å². The maximum atomic E-state index is 14.0. The summed E-state index contributed by atoms with van der Waals surface area (Å²) in [6.07, 6.45) is 5.84. The number of nitrogens with zero attached hydrogens (tertiary/aromatic N) is 3. The largest absolute Gasteiger partial charge is 0.359 e. The van der Waals surface area contributed by atoms with Crippen molar-refractivity contribution in [2.45, 2.75) is 77.6 Å². The van der Waals surface area contributed by atoms with E-state index in [1.165, 1.54) is 5.56 Å². The number of Topliss-reactive ketones (excluding diaryl/α,β-unsaturated/α-hetero) is 1. The Morgan fingerprint density at radius 2 is 1.71 bits per heavy atom. The fourth-order valence-corrected chi connectivity index (χ4v) is 13.7. The summed E-state index contributed by atoms with van der Waals surface area (Å²) in [5.41, 5.74) is 4.51. The van der Waals surface area contributed by atoms with Gasteiger partial charge in [0.25, 0.3) is 0 Å². The highest BCUT2D eigenvalue weighted by molar-refractivity contribution is 6.82. The third kappa shape index (κ3) is 4.75. The number of rotatable bonds is 8. The molecule has 0 bridgehead atoms. The SMILES string of the molecule is CC(C)[Si](C(C)C)(C(C)C)n1ccc2c(C(=O)C3CCCN(Cc4ccccc4)C3)c(Cl)cnc21. The second-order valence-corrected chi connectivity index (χ2v) is 17.3. The summed E-state index contributed by atoms with van der Waals surface area (Å²) in [6.45, 7) is 16.8. The van der Waals surface area contributed by atoms with Crippen LogP contribution in [-0.4, -0.2) is 41.2 Å². The van der Waals surface area contributed by atoms with Crippen molar-refractivity contribution in [2.75, 3.05) is 13.1 Å². The van der Waals surface area contributed by atoms with Crippen LogP contribution in [0.3, 0.4) is 0 Å². The van der Waals surface area contributed by atoms with Crippen LogP contribution in [0.1, 0.15) is 70.3 Å². The van der Waals surface area contributed by atoms with Crippen molar-refractivity contribution in [3.63, 3.8) is 0 Å². The van der Waals surface area contributed by atoms with Crippen molar-refractivity contribution in [2.24, 2.45) is 5.92 Å². The van der Waals surface area contributed by atoms with Crippen LogP contribution in [0.15, 0.2) is 48.8 Å². The number of hydrogen-bond acceptors (Lipinski definition) is 3. The number of carbonyl (C=O) groups excluding carboxylic acids is 1. The molecular formula is C29H40ClN3OSi. The van der Waals surface area contributed by atoms with Gasteiger partial charge in [-0.25, -0.2) is 4.98 Å². The molecule has 0 saturated carbocycles. The highest BCUT2D eigenvalue weighted by atomic mass is 35.5. The minimum atomic E-state index is -1.99. The molecule has 0 radical (unpaired) electrons. The highest BCUT2D eigenvalue weighted by Crippen LogP contribution is 2.44. The number of piperidine rings is 1. The van der Waals surface area contributed by atoms with Crippen LogP contribution < -0.4 is 0 Å². The van der Waals surface area contributed by atoms with Crippen LogP contribution in [0.4, 0.5) is 0 Å². The Balaban J connectivity index is 1.70. The molecule has 0 aliphatic carbocycles. The Hall–Kier alpha value is -1.95. The lowest BCUT2D eigenvalue weighted by atomic mass is 9.89. The van der Waals surface area contributed by atoms with Gasteiger partial charge in [-0.05, 0) is 53.8 Å². The molecule has 0 N–H and O–H groups in total. The molecule has 3 heterocycles. The number of pyridine rings is 1. The number of fused-ring (bicyclic) bond motifs is 1. The van der Waals surface area contributed by atoms with Gasteiger partial charge in [-0.3, -0.25) is 9.69 Å². The van der Waals surface area contributed by atoms with Crippen molar-refractivity contribution < 1.29 is 4.79 Å². The number of ketones is 1. The highest BCUT2D eigenvalue weighted by Gasteiger charge is 2.46. The smallest absolute Gasteiger partial charge is 0.171 e. The predicted octanol–water partition coefficient (Wildman–Crippen LogP) is 7.81. The summed E-state index contributed by atoms with van der Waals surface area (Å²) in [7, 11) is -1.99. The Kier molecular flexibility index (Phi) is 7.89. The average molecular weight is 510 g/mol. The number of carbonyl (C=O) groups is 1. The standard InChI is InChI=1S/C29H40ClN3OSi/c1-20(2)35(21(3)4,22(5)6)33-16-14-25-27(26(30)17-31-29(25)33)28(34)24-13-10-15-32(19-24)18-23-11-8-7-9-12-23/h7-9,11-12,14,16-17,20-22,24H,10,13,15,18-19H2,1-6H3. The van der Waals surface area contributed by atoms with E-state index >= 15 is 0 Å². The number of benzene rings is 1. The molecule has 1 fully saturated rings. The van der Waals surface area contributed by atoms with E-state index in [-0.39, 0.29) is 11.7 Å². The van der Waals surface area contributed by atoms with E-state index in [0.717, 1.165) is 43.5 Å². The Morgan fingerprint density at radius 3 is 2.34 bits per heavy atom. The molecule has 1 unspecified atom stereocenters. The van der Waals surface area contributed by atoms with Crippen LogP contribution in [0.5, 0.6) is 0 Å². The summed E-state index contributed by atoms with van der Waals surface area (Å²) in [4.78, 5) is 21.2.